The van der Waals surface area contributed by atoms with Crippen LogP contribution in [0.25, 0.3) is 33.5 Å². The normalized spacial score (nSPS) is 23.9. The highest BCUT2D eigenvalue weighted by Gasteiger charge is 2.46. The van der Waals surface area contributed by atoms with E-state index in [4.69, 9.17) is 4.98 Å². The number of nitrogens with zero attached hydrogens (tertiary/aromatic N) is 4. The Morgan fingerprint density at radius 1 is 0.762 bits per heavy atom. The van der Waals surface area contributed by atoms with E-state index in [1.165, 1.54) is 34.1 Å². The van der Waals surface area contributed by atoms with Gasteiger partial charge in [-0.15, -0.1) is 0 Å². The van der Waals surface area contributed by atoms with E-state index in [2.05, 4.69) is 26.3 Å². The summed E-state index contributed by atoms with van der Waals surface area (Å²) in [6, 6.07) is 4.37. The molecular formula is C46H59F4N9O4. The summed E-state index contributed by atoms with van der Waals surface area (Å²) in [5.74, 6) is -2.25. The van der Waals surface area contributed by atoms with Crippen LogP contribution < -0.4 is 21.3 Å². The molecular weight excluding hydrogens is 819 g/mol. The smallest absolute Gasteiger partial charge is 0.245 e. The third-order valence-electron chi connectivity index (χ3n) is 13.9. The van der Waals surface area contributed by atoms with Crippen molar-refractivity contribution in [1.29, 1.82) is 0 Å². The number of carbonyl (C=O) groups excluding carboxylic acids is 4. The van der Waals surface area contributed by atoms with Crippen LogP contribution in [0.4, 0.5) is 17.6 Å². The van der Waals surface area contributed by atoms with Crippen LogP contribution in [0.5, 0.6) is 0 Å². The molecule has 0 radical (unpaired) electrons. The number of aromatic amines is 1. The number of halogens is 4. The van der Waals surface area contributed by atoms with Gasteiger partial charge < -0.3 is 40.6 Å². The van der Waals surface area contributed by atoms with Crippen molar-refractivity contribution in [3.8, 4) is 11.5 Å². The third kappa shape index (κ3) is 9.31. The first-order chi connectivity index (χ1) is 30.2. The van der Waals surface area contributed by atoms with E-state index < -0.39 is 60.2 Å². The second-order valence-electron chi connectivity index (χ2n) is 18.2. The maximum absolute atomic E-state index is 15.7. The van der Waals surface area contributed by atoms with Crippen LogP contribution in [0.3, 0.4) is 0 Å². The zero-order valence-electron chi connectivity index (χ0n) is 36.4. The first-order valence-electron chi connectivity index (χ1n) is 22.5. The number of amides is 4. The lowest BCUT2D eigenvalue weighted by Crippen LogP contribution is -2.57. The number of aromatic nitrogens is 3. The minimum absolute atomic E-state index is 0.0118. The highest BCUT2D eigenvalue weighted by molar-refractivity contribution is 5.93. The van der Waals surface area contributed by atoms with E-state index in [1.54, 1.807) is 40.1 Å². The minimum Gasteiger partial charge on any atom is -0.352 e. The largest absolute Gasteiger partial charge is 0.352 e. The number of hydrogen-bond acceptors (Lipinski definition) is 7. The SMILES string of the molecule is CNC(C)C(=O)NC(C(=O)N1CC(F)CC1Cc1c(-c2nc3cc(F)ccc3n2CC2CC(F)CN2C(=O)C(NC(=O)C(C)NC)C2CCCCC2)[nH]c2cc(F)ccc12)C1CC1. The Kier molecular flexibility index (Phi) is 13.2. The molecule has 4 aliphatic rings. The van der Waals surface area contributed by atoms with Crippen LogP contribution in [-0.4, -0.2) is 124 Å². The molecule has 13 nitrogen and oxygen atoms in total. The molecule has 4 aromatic rings. The van der Waals surface area contributed by atoms with E-state index in [0.717, 1.165) is 44.9 Å². The molecule has 17 heteroatoms. The monoisotopic (exact) mass is 877 g/mol. The molecule has 4 fully saturated rings. The van der Waals surface area contributed by atoms with Crippen molar-refractivity contribution >= 4 is 45.6 Å². The number of rotatable bonds is 15. The Labute approximate surface area is 364 Å². The van der Waals surface area contributed by atoms with Crippen LogP contribution in [-0.2, 0) is 32.1 Å². The van der Waals surface area contributed by atoms with Gasteiger partial charge in [-0.05, 0) is 108 Å². The Bertz CT molecular complexity index is 2340. The molecule has 5 N–H and O–H groups in total. The molecule has 2 aliphatic heterocycles. The first kappa shape index (κ1) is 44.6. The number of alkyl halides is 2. The minimum atomic E-state index is -1.34. The second-order valence-corrected chi connectivity index (χ2v) is 18.2. The standard InChI is InChI=1S/C46H59F4N9O4/c1-24(51-3)43(60)55-39(26-8-6-5-7-9-26)46(63)58-22-31(50)17-33(58)23-59-38-15-13-29(48)19-37(38)54-42(59)41-35(34-14-12-28(47)18-36(34)53-41)20-32-16-30(49)21-57(32)45(62)40(27-10-11-27)56-44(61)25(2)52-4/h12-15,18-19,24-27,30-33,39-40,51-53H,5-11,16-17,20-23H2,1-4H3,(H,55,60)(H,56,61). The van der Waals surface area contributed by atoms with Crippen LogP contribution in [0.1, 0.15) is 77.2 Å². The summed E-state index contributed by atoms with van der Waals surface area (Å²) >= 11 is 0. The number of fused-ring (bicyclic) bond motifs is 2. The molecule has 2 aromatic carbocycles. The van der Waals surface area contributed by atoms with Gasteiger partial charge in [0.2, 0.25) is 23.6 Å². The summed E-state index contributed by atoms with van der Waals surface area (Å²) in [4.78, 5) is 66.5. The zero-order chi connectivity index (χ0) is 44.7. The van der Waals surface area contributed by atoms with Gasteiger partial charge in [0.25, 0.3) is 0 Å². The summed E-state index contributed by atoms with van der Waals surface area (Å²) < 4.78 is 62.9. The van der Waals surface area contributed by atoms with Crippen LogP contribution >= 0.6 is 0 Å². The quantitative estimate of drug-likeness (QED) is 0.105. The average Bonchev–Trinajstić information content (AvgIpc) is 3.64. The first-order valence-corrected chi connectivity index (χ1v) is 22.5. The summed E-state index contributed by atoms with van der Waals surface area (Å²) in [6.45, 7) is 3.15. The average molecular weight is 878 g/mol. The lowest BCUT2D eigenvalue weighted by Gasteiger charge is -2.35. The number of likely N-dealkylation sites (tertiary alicyclic amines) is 2. The Balaban J connectivity index is 1.16. The summed E-state index contributed by atoms with van der Waals surface area (Å²) in [7, 11) is 3.32. The maximum Gasteiger partial charge on any atom is 0.245 e. The predicted octanol–water partition coefficient (Wildman–Crippen LogP) is 5.06. The number of imidazole rings is 1. The van der Waals surface area contributed by atoms with Gasteiger partial charge in [0.1, 0.15) is 36.1 Å². The van der Waals surface area contributed by atoms with E-state index >= 15 is 8.78 Å². The molecule has 0 spiro atoms. The molecule has 2 saturated carbocycles. The molecule has 4 amide bonds. The molecule has 8 atom stereocenters. The van der Waals surface area contributed by atoms with Crippen molar-refractivity contribution in [1.82, 2.24) is 45.6 Å². The lowest BCUT2D eigenvalue weighted by molar-refractivity contribution is -0.139. The van der Waals surface area contributed by atoms with Crippen molar-refractivity contribution in [2.24, 2.45) is 11.8 Å². The lowest BCUT2D eigenvalue weighted by atomic mass is 9.83. The number of H-pyrrole nitrogens is 1. The van der Waals surface area contributed by atoms with Gasteiger partial charge in [0, 0.05) is 42.4 Å². The Hall–Kier alpha value is -5.03. The van der Waals surface area contributed by atoms with Gasteiger partial charge in [0.15, 0.2) is 5.82 Å². The number of hydrogen-bond donors (Lipinski definition) is 5. The van der Waals surface area contributed by atoms with Gasteiger partial charge in [-0.25, -0.2) is 22.5 Å². The molecule has 63 heavy (non-hydrogen) atoms. The second kappa shape index (κ2) is 18.6. The fraction of sp³-hybridized carbons (Fsp3) is 0.587. The molecule has 8 rings (SSSR count). The van der Waals surface area contributed by atoms with E-state index in [1.807, 2.05) is 4.57 Å². The van der Waals surface area contributed by atoms with Gasteiger partial charge in [0.05, 0.1) is 47.9 Å². The number of carbonyl (C=O) groups is 4. The van der Waals surface area contributed by atoms with Crippen LogP contribution in [0.2, 0.25) is 0 Å². The number of likely N-dealkylation sites (N-methyl/N-ethyl adjacent to an activating group) is 2. The fourth-order valence-corrected chi connectivity index (χ4v) is 10.0. The zero-order valence-corrected chi connectivity index (χ0v) is 36.4. The van der Waals surface area contributed by atoms with Gasteiger partial charge in [-0.3, -0.25) is 19.2 Å². The molecule has 2 aliphatic carbocycles. The fourth-order valence-electron chi connectivity index (χ4n) is 10.0. The van der Waals surface area contributed by atoms with Gasteiger partial charge in [-0.2, -0.15) is 0 Å². The Morgan fingerprint density at radius 3 is 1.92 bits per heavy atom. The van der Waals surface area contributed by atoms with E-state index in [0.29, 0.717) is 39.0 Å². The number of benzene rings is 2. The predicted molar refractivity (Wildman–Crippen MR) is 231 cm³/mol. The molecule has 340 valence electrons. The summed E-state index contributed by atoms with van der Waals surface area (Å²) in [5.41, 5.74) is 2.28. The van der Waals surface area contributed by atoms with Crippen molar-refractivity contribution in [2.45, 2.75) is 133 Å². The van der Waals surface area contributed by atoms with Crippen molar-refractivity contribution in [3.63, 3.8) is 0 Å². The molecule has 8 unspecified atom stereocenters. The maximum atomic E-state index is 15.7. The molecule has 4 heterocycles. The summed E-state index contributed by atoms with van der Waals surface area (Å²) in [5, 5.41) is 12.3. The summed E-state index contributed by atoms with van der Waals surface area (Å²) in [6.07, 6.45) is 3.42. The van der Waals surface area contributed by atoms with Crippen molar-refractivity contribution in [2.75, 3.05) is 27.2 Å². The molecule has 2 saturated heterocycles. The molecule has 2 aromatic heterocycles. The van der Waals surface area contributed by atoms with Gasteiger partial charge in [-0.1, -0.05) is 19.3 Å². The third-order valence-corrected chi connectivity index (χ3v) is 13.9. The topological polar surface area (TPSA) is 156 Å². The number of nitrogens with one attached hydrogen (secondary N) is 5. The van der Waals surface area contributed by atoms with Crippen molar-refractivity contribution < 1.29 is 36.7 Å². The van der Waals surface area contributed by atoms with E-state index in [-0.39, 0.29) is 74.4 Å². The highest BCUT2D eigenvalue weighted by atomic mass is 19.1. The van der Waals surface area contributed by atoms with Crippen LogP contribution in [0.15, 0.2) is 36.4 Å². The van der Waals surface area contributed by atoms with E-state index in [9.17, 15) is 28.0 Å². The molecule has 0 bridgehead atoms. The van der Waals surface area contributed by atoms with Gasteiger partial charge >= 0.3 is 0 Å². The highest BCUT2D eigenvalue weighted by Crippen LogP contribution is 2.39. The Morgan fingerprint density at radius 2 is 1.32 bits per heavy atom. The van der Waals surface area contributed by atoms with Crippen LogP contribution in [0, 0.1) is 23.5 Å². The van der Waals surface area contributed by atoms with Crippen molar-refractivity contribution in [3.05, 3.63) is 53.6 Å².